The predicted molar refractivity (Wildman–Crippen MR) is 117 cm³/mol. The molecule has 14 heteroatoms. The largest absolute Gasteiger partial charge is 0.394 e. The average Bonchev–Trinajstić information content (AvgIpc) is 3.53. The first-order chi connectivity index (χ1) is 17.3. The quantitative estimate of drug-likeness (QED) is 0.339. The minimum Gasteiger partial charge on any atom is -0.394 e. The van der Waals surface area contributed by atoms with Gasteiger partial charge in [0.05, 0.1) is 23.5 Å². The van der Waals surface area contributed by atoms with Crippen LogP contribution < -0.4 is 0 Å². The van der Waals surface area contributed by atoms with Crippen LogP contribution in [0.2, 0.25) is 5.02 Å². The lowest BCUT2D eigenvalue weighted by atomic mass is 9.92. The third kappa shape index (κ3) is 4.14. The van der Waals surface area contributed by atoms with E-state index in [0.29, 0.717) is 10.7 Å². The number of hydrogen-bond donors (Lipinski definition) is 3. The Morgan fingerprint density at radius 3 is 2.44 bits per heavy atom. The lowest BCUT2D eigenvalue weighted by molar-refractivity contribution is -0.210. The molecule has 10 nitrogen and oxygen atoms in total. The van der Waals surface area contributed by atoms with Gasteiger partial charge in [-0.15, -0.1) is 15.3 Å². The summed E-state index contributed by atoms with van der Waals surface area (Å²) in [6.45, 7) is -0.614. The highest BCUT2D eigenvalue weighted by Crippen LogP contribution is 2.39. The van der Waals surface area contributed by atoms with Crippen molar-refractivity contribution in [3.05, 3.63) is 77.2 Å². The molecule has 3 N–H and O–H groups in total. The molecule has 0 aliphatic carbocycles. The van der Waals surface area contributed by atoms with Crippen LogP contribution in [0.25, 0.3) is 16.9 Å². The number of halogens is 4. The zero-order chi connectivity index (χ0) is 25.6. The number of hydrogen-bond acceptors (Lipinski definition) is 8. The standard InChI is InChI=1S/C22H18ClF3N6O4/c23-11-3-1-2-4-15(11)31-9-27-29-22(31)21-20(35)18(19(34)16(8-33)36-21)32-7-14(28-30-32)10-5-12(24)17(26)13(25)6-10/h1-7,9,16,18-21,33-35H,8H2/t16-,18+,19+,20-,21-/m1/s1. The van der Waals surface area contributed by atoms with Crippen molar-refractivity contribution < 1.29 is 33.2 Å². The van der Waals surface area contributed by atoms with E-state index in [9.17, 15) is 28.5 Å². The molecular weight excluding hydrogens is 505 g/mol. The van der Waals surface area contributed by atoms with Gasteiger partial charge < -0.3 is 20.1 Å². The molecule has 0 unspecified atom stereocenters. The molecule has 0 saturated carbocycles. The van der Waals surface area contributed by atoms with Crippen molar-refractivity contribution >= 4 is 11.6 Å². The molecule has 5 atom stereocenters. The maximum Gasteiger partial charge on any atom is 0.194 e. The fourth-order valence-electron chi connectivity index (χ4n) is 4.16. The third-order valence-electron chi connectivity index (χ3n) is 5.93. The van der Waals surface area contributed by atoms with Crippen molar-refractivity contribution in [1.82, 2.24) is 29.8 Å². The second kappa shape index (κ2) is 9.59. The maximum atomic E-state index is 13.7. The first-order valence-corrected chi connectivity index (χ1v) is 11.0. The minimum atomic E-state index is -1.63. The van der Waals surface area contributed by atoms with Gasteiger partial charge in [0.1, 0.15) is 42.5 Å². The van der Waals surface area contributed by atoms with Crippen molar-refractivity contribution in [2.45, 2.75) is 30.5 Å². The van der Waals surface area contributed by atoms with Crippen LogP contribution in [0, 0.1) is 17.5 Å². The second-order valence-electron chi connectivity index (χ2n) is 8.10. The van der Waals surface area contributed by atoms with Crippen LogP contribution >= 0.6 is 11.6 Å². The zero-order valence-electron chi connectivity index (χ0n) is 18.2. The number of aliphatic hydroxyl groups is 3. The maximum absolute atomic E-state index is 13.7. The number of aliphatic hydroxyl groups excluding tert-OH is 3. The SMILES string of the molecule is OC[C@H]1O[C@@H](c2nncn2-c2ccccc2Cl)[C@H](O)[C@@H](n2cc(-c3cc(F)c(F)c(F)c3)nn2)[C@H]1O. The zero-order valence-corrected chi connectivity index (χ0v) is 18.9. The molecule has 36 heavy (non-hydrogen) atoms. The Bertz CT molecular complexity index is 1380. The summed E-state index contributed by atoms with van der Waals surface area (Å²) in [5.74, 6) is -4.32. The van der Waals surface area contributed by atoms with Gasteiger partial charge in [0.25, 0.3) is 0 Å². The molecule has 1 fully saturated rings. The van der Waals surface area contributed by atoms with Crippen LogP contribution in [0.5, 0.6) is 0 Å². The summed E-state index contributed by atoms with van der Waals surface area (Å²) in [5.41, 5.74) is 0.346. The van der Waals surface area contributed by atoms with Crippen molar-refractivity contribution in [3.63, 3.8) is 0 Å². The number of rotatable bonds is 5. The van der Waals surface area contributed by atoms with Crippen LogP contribution in [0.4, 0.5) is 13.2 Å². The lowest BCUT2D eigenvalue weighted by Gasteiger charge is -2.41. The van der Waals surface area contributed by atoms with E-state index in [1.165, 1.54) is 17.1 Å². The highest BCUT2D eigenvalue weighted by atomic mass is 35.5. The first-order valence-electron chi connectivity index (χ1n) is 10.6. The van der Waals surface area contributed by atoms with Gasteiger partial charge in [-0.3, -0.25) is 4.57 Å². The molecule has 1 saturated heterocycles. The fraction of sp³-hybridized carbons (Fsp3) is 0.273. The normalized spacial score (nSPS) is 24.2. The molecule has 0 bridgehead atoms. The van der Waals surface area contributed by atoms with Crippen LogP contribution in [-0.2, 0) is 4.74 Å². The van der Waals surface area contributed by atoms with Crippen LogP contribution in [0.3, 0.4) is 0 Å². The average molecular weight is 523 g/mol. The Labute approximate surface area is 206 Å². The third-order valence-corrected chi connectivity index (χ3v) is 6.25. The highest BCUT2D eigenvalue weighted by Gasteiger charge is 2.48. The number of ether oxygens (including phenoxy) is 1. The number of aromatic nitrogens is 6. The van der Waals surface area contributed by atoms with Gasteiger partial charge in [0.15, 0.2) is 23.3 Å². The topological polar surface area (TPSA) is 131 Å². The van der Waals surface area contributed by atoms with Gasteiger partial charge in [-0.2, -0.15) is 0 Å². The van der Waals surface area contributed by atoms with Gasteiger partial charge in [0, 0.05) is 5.56 Å². The summed E-state index contributed by atoms with van der Waals surface area (Å²) in [4.78, 5) is 0. The molecule has 2 aromatic heterocycles. The van der Waals surface area contributed by atoms with Gasteiger partial charge >= 0.3 is 0 Å². The van der Waals surface area contributed by atoms with Crippen molar-refractivity contribution in [2.75, 3.05) is 6.61 Å². The molecule has 1 aliphatic rings. The molecule has 1 aliphatic heterocycles. The number of nitrogens with zero attached hydrogens (tertiary/aromatic N) is 6. The Kier molecular flexibility index (Phi) is 6.49. The smallest absolute Gasteiger partial charge is 0.194 e. The van der Waals surface area contributed by atoms with E-state index < -0.39 is 54.5 Å². The molecule has 5 rings (SSSR count). The van der Waals surface area contributed by atoms with Gasteiger partial charge in [-0.25, -0.2) is 17.9 Å². The molecule has 2 aromatic carbocycles. The molecule has 0 radical (unpaired) electrons. The monoisotopic (exact) mass is 522 g/mol. The molecule has 3 heterocycles. The summed E-state index contributed by atoms with van der Waals surface area (Å²) in [6.07, 6.45) is -2.75. The molecule has 0 spiro atoms. The van der Waals surface area contributed by atoms with E-state index in [1.807, 2.05) is 0 Å². The van der Waals surface area contributed by atoms with Crippen LogP contribution in [0.15, 0.2) is 48.9 Å². The molecule has 188 valence electrons. The summed E-state index contributed by atoms with van der Waals surface area (Å²) >= 11 is 6.30. The Hall–Kier alpha value is -3.36. The van der Waals surface area contributed by atoms with Crippen molar-refractivity contribution in [3.8, 4) is 16.9 Å². The Morgan fingerprint density at radius 2 is 1.75 bits per heavy atom. The first kappa shape index (κ1) is 24.3. The highest BCUT2D eigenvalue weighted by molar-refractivity contribution is 6.32. The Morgan fingerprint density at radius 1 is 1.03 bits per heavy atom. The van der Waals surface area contributed by atoms with Gasteiger partial charge in [0.2, 0.25) is 0 Å². The summed E-state index contributed by atoms with van der Waals surface area (Å²) < 4.78 is 49.1. The summed E-state index contributed by atoms with van der Waals surface area (Å²) in [6, 6.07) is 7.09. The van der Waals surface area contributed by atoms with E-state index in [2.05, 4.69) is 20.5 Å². The van der Waals surface area contributed by atoms with Gasteiger partial charge in [-0.1, -0.05) is 28.9 Å². The summed E-state index contributed by atoms with van der Waals surface area (Å²) in [7, 11) is 0. The molecular formula is C22H18ClF3N6O4. The van der Waals surface area contributed by atoms with Crippen molar-refractivity contribution in [2.24, 2.45) is 0 Å². The fourth-order valence-corrected chi connectivity index (χ4v) is 4.38. The number of para-hydroxylation sites is 1. The molecule has 0 amide bonds. The van der Waals surface area contributed by atoms with E-state index in [0.717, 1.165) is 16.8 Å². The molecule has 4 aromatic rings. The lowest BCUT2D eigenvalue weighted by Crippen LogP contribution is -2.53. The van der Waals surface area contributed by atoms with Crippen molar-refractivity contribution in [1.29, 1.82) is 0 Å². The van der Waals surface area contributed by atoms with E-state index in [4.69, 9.17) is 16.3 Å². The van der Waals surface area contributed by atoms with Gasteiger partial charge in [-0.05, 0) is 24.3 Å². The Balaban J connectivity index is 1.52. The van der Waals surface area contributed by atoms with Crippen LogP contribution in [0.1, 0.15) is 18.0 Å². The summed E-state index contributed by atoms with van der Waals surface area (Å²) in [5, 5.41) is 47.9. The van der Waals surface area contributed by atoms with E-state index in [-0.39, 0.29) is 17.1 Å². The predicted octanol–water partition coefficient (Wildman–Crippen LogP) is 1.99. The minimum absolute atomic E-state index is 0.0463. The number of benzene rings is 2. The second-order valence-corrected chi connectivity index (χ2v) is 8.50. The van der Waals surface area contributed by atoms with Crippen LogP contribution in [-0.4, -0.2) is 70.0 Å². The van der Waals surface area contributed by atoms with E-state index >= 15 is 0 Å². The van der Waals surface area contributed by atoms with E-state index in [1.54, 1.807) is 24.3 Å².